The van der Waals surface area contributed by atoms with Gasteiger partial charge < -0.3 is 29.2 Å². The van der Waals surface area contributed by atoms with E-state index in [1.807, 2.05) is 37.3 Å². The van der Waals surface area contributed by atoms with Gasteiger partial charge in [0.25, 0.3) is 0 Å². The van der Waals surface area contributed by atoms with Crippen LogP contribution in [0.3, 0.4) is 0 Å². The summed E-state index contributed by atoms with van der Waals surface area (Å²) in [7, 11) is 6.04. The summed E-state index contributed by atoms with van der Waals surface area (Å²) in [6.45, 7) is 1.93. The van der Waals surface area contributed by atoms with Gasteiger partial charge in [0.15, 0.2) is 46.1 Å². The number of ketones is 2. The van der Waals surface area contributed by atoms with E-state index in [0.29, 0.717) is 28.2 Å². The molecular formula is C33H34O8. The van der Waals surface area contributed by atoms with Gasteiger partial charge in [-0.3, -0.25) is 9.59 Å². The Morgan fingerprint density at radius 1 is 0.683 bits per heavy atom. The number of allylic oxidation sites excluding steroid dienone is 3. The largest absolute Gasteiger partial charge is 0.504 e. The summed E-state index contributed by atoms with van der Waals surface area (Å²) < 4.78 is 21.1. The zero-order valence-corrected chi connectivity index (χ0v) is 23.7. The highest BCUT2D eigenvalue weighted by molar-refractivity contribution is 6.10. The highest BCUT2D eigenvalue weighted by atomic mass is 16.5. The minimum absolute atomic E-state index is 0.00590. The zero-order valence-electron chi connectivity index (χ0n) is 23.7. The fraction of sp³-hybridized carbons (Fsp3) is 0.212. The lowest BCUT2D eigenvalue weighted by molar-refractivity contribution is -0.121. The van der Waals surface area contributed by atoms with Crippen molar-refractivity contribution < 1.29 is 38.7 Å². The van der Waals surface area contributed by atoms with Gasteiger partial charge >= 0.3 is 0 Å². The van der Waals surface area contributed by atoms with Crippen molar-refractivity contribution in [3.63, 3.8) is 0 Å². The van der Waals surface area contributed by atoms with Crippen molar-refractivity contribution in [3.8, 4) is 34.5 Å². The molecule has 2 N–H and O–H groups in total. The highest BCUT2D eigenvalue weighted by Gasteiger charge is 2.15. The van der Waals surface area contributed by atoms with Crippen molar-refractivity contribution in [3.05, 3.63) is 89.0 Å². The van der Waals surface area contributed by atoms with E-state index in [-0.39, 0.29) is 46.9 Å². The molecule has 0 bridgehead atoms. The fourth-order valence-electron chi connectivity index (χ4n) is 4.03. The molecule has 0 aliphatic rings. The number of benzene rings is 3. The predicted octanol–water partition coefficient (Wildman–Crippen LogP) is 6.20. The van der Waals surface area contributed by atoms with Crippen LogP contribution in [0.25, 0.3) is 18.2 Å². The third-order valence-electron chi connectivity index (χ3n) is 6.30. The average molecular weight is 559 g/mol. The maximum Gasteiger partial charge on any atom is 0.163 e. The Bertz CT molecular complexity index is 1480. The first kappa shape index (κ1) is 30.6. The Balaban J connectivity index is 1.72. The van der Waals surface area contributed by atoms with E-state index in [1.54, 1.807) is 50.6 Å². The maximum atomic E-state index is 12.5. The normalized spacial score (nSPS) is 12.1. The Morgan fingerprint density at radius 2 is 1.22 bits per heavy atom. The van der Waals surface area contributed by atoms with Gasteiger partial charge in [0.1, 0.15) is 0 Å². The van der Waals surface area contributed by atoms with Crippen LogP contribution in [0, 0.1) is 0 Å². The van der Waals surface area contributed by atoms with Gasteiger partial charge in [-0.2, -0.15) is 0 Å². The molecule has 0 aliphatic carbocycles. The third kappa shape index (κ3) is 8.25. The number of hydrogen-bond donors (Lipinski definition) is 2. The minimum atomic E-state index is -0.377. The van der Waals surface area contributed by atoms with Crippen LogP contribution < -0.4 is 18.9 Å². The van der Waals surface area contributed by atoms with Gasteiger partial charge in [-0.25, -0.2) is 0 Å². The van der Waals surface area contributed by atoms with Crippen molar-refractivity contribution in [2.75, 3.05) is 28.4 Å². The number of phenols is 2. The topological polar surface area (TPSA) is 112 Å². The summed E-state index contributed by atoms with van der Waals surface area (Å²) in [4.78, 5) is 24.8. The van der Waals surface area contributed by atoms with Crippen molar-refractivity contribution in [1.82, 2.24) is 0 Å². The molecule has 0 radical (unpaired) electrons. The van der Waals surface area contributed by atoms with Gasteiger partial charge in [0.05, 0.1) is 34.9 Å². The molecule has 3 aromatic rings. The summed E-state index contributed by atoms with van der Waals surface area (Å²) in [5, 5.41) is 20.5. The SMILES string of the molecule is COc1cc(C=CC(=O)CC(=O)C=Cc2cc(OC)c(O)c(C(C)C=Cc3ccc(OC)c(OC)c3)c2)ccc1O. The van der Waals surface area contributed by atoms with Crippen LogP contribution in [0.1, 0.15) is 41.5 Å². The molecule has 0 saturated carbocycles. The van der Waals surface area contributed by atoms with Gasteiger partial charge in [0.2, 0.25) is 0 Å². The Morgan fingerprint density at radius 3 is 1.85 bits per heavy atom. The molecule has 0 aromatic heterocycles. The van der Waals surface area contributed by atoms with Crippen molar-refractivity contribution in [2.45, 2.75) is 19.3 Å². The number of aromatic hydroxyl groups is 2. The molecule has 3 rings (SSSR count). The second kappa shape index (κ2) is 14.4. The molecule has 8 nitrogen and oxygen atoms in total. The molecule has 3 aromatic carbocycles. The standard InChI is InChI=1S/C33H34O8/c1-21(6-7-22-11-15-29(38-2)31(18-22)40-4)27-16-24(19-32(41-5)33(27)37)9-13-26(35)20-25(34)12-8-23-10-14-28(36)30(17-23)39-3/h6-19,21,36-37H,20H2,1-5H3. The van der Waals surface area contributed by atoms with Crippen LogP contribution in [-0.4, -0.2) is 50.2 Å². The van der Waals surface area contributed by atoms with Crippen LogP contribution in [0.15, 0.2) is 66.8 Å². The quantitative estimate of drug-likeness (QED) is 0.188. The third-order valence-corrected chi connectivity index (χ3v) is 6.30. The zero-order chi connectivity index (χ0) is 29.9. The van der Waals surface area contributed by atoms with Gasteiger partial charge in [-0.05, 0) is 65.2 Å². The second-order valence-electron chi connectivity index (χ2n) is 9.13. The molecule has 1 atom stereocenters. The molecule has 0 amide bonds. The lowest BCUT2D eigenvalue weighted by atomic mass is 9.95. The number of phenolic OH excluding ortho intramolecular Hbond substituents is 2. The van der Waals surface area contributed by atoms with E-state index in [1.165, 1.54) is 32.4 Å². The molecule has 0 aliphatic heterocycles. The fourth-order valence-corrected chi connectivity index (χ4v) is 4.03. The number of ether oxygens (including phenoxy) is 4. The number of methoxy groups -OCH3 is 4. The van der Waals surface area contributed by atoms with Gasteiger partial charge in [-0.1, -0.05) is 43.4 Å². The first-order chi connectivity index (χ1) is 19.7. The molecule has 1 unspecified atom stereocenters. The number of rotatable bonds is 13. The highest BCUT2D eigenvalue weighted by Crippen LogP contribution is 2.37. The first-order valence-corrected chi connectivity index (χ1v) is 12.8. The van der Waals surface area contributed by atoms with E-state index in [9.17, 15) is 19.8 Å². The molecule has 0 spiro atoms. The number of carbonyl (C=O) groups excluding carboxylic acids is 2. The Kier molecular flexibility index (Phi) is 10.7. The van der Waals surface area contributed by atoms with E-state index in [4.69, 9.17) is 18.9 Å². The van der Waals surface area contributed by atoms with Crippen LogP contribution in [-0.2, 0) is 9.59 Å². The van der Waals surface area contributed by atoms with Crippen molar-refractivity contribution in [2.24, 2.45) is 0 Å². The summed E-state index contributed by atoms with van der Waals surface area (Å²) in [6.07, 6.45) is 9.31. The second-order valence-corrected chi connectivity index (χ2v) is 9.13. The minimum Gasteiger partial charge on any atom is -0.504 e. The first-order valence-electron chi connectivity index (χ1n) is 12.8. The molecule has 0 saturated heterocycles. The molecule has 0 fully saturated rings. The van der Waals surface area contributed by atoms with E-state index in [2.05, 4.69) is 0 Å². The van der Waals surface area contributed by atoms with E-state index in [0.717, 1.165) is 5.56 Å². The summed E-state index contributed by atoms with van der Waals surface area (Å²) in [5.41, 5.74) is 2.78. The summed E-state index contributed by atoms with van der Waals surface area (Å²) in [6, 6.07) is 13.6. The van der Waals surface area contributed by atoms with Crippen LogP contribution in [0.2, 0.25) is 0 Å². The van der Waals surface area contributed by atoms with Crippen LogP contribution in [0.5, 0.6) is 34.5 Å². The average Bonchev–Trinajstić information content (AvgIpc) is 2.98. The Labute approximate surface area is 239 Å². The van der Waals surface area contributed by atoms with E-state index < -0.39 is 0 Å². The molecule has 214 valence electrons. The lowest BCUT2D eigenvalue weighted by Crippen LogP contribution is -2.02. The van der Waals surface area contributed by atoms with Crippen LogP contribution in [0.4, 0.5) is 0 Å². The monoisotopic (exact) mass is 558 g/mol. The maximum absolute atomic E-state index is 12.5. The van der Waals surface area contributed by atoms with Crippen molar-refractivity contribution >= 4 is 29.8 Å². The summed E-state index contributed by atoms with van der Waals surface area (Å²) in [5.74, 6) is 0.842. The number of hydrogen-bond acceptors (Lipinski definition) is 8. The van der Waals surface area contributed by atoms with Gasteiger partial charge in [-0.15, -0.1) is 0 Å². The summed E-state index contributed by atoms with van der Waals surface area (Å²) >= 11 is 0. The molecule has 8 heteroatoms. The smallest absolute Gasteiger partial charge is 0.163 e. The predicted molar refractivity (Wildman–Crippen MR) is 159 cm³/mol. The molecule has 0 heterocycles. The van der Waals surface area contributed by atoms with E-state index >= 15 is 0 Å². The van der Waals surface area contributed by atoms with Crippen LogP contribution >= 0.6 is 0 Å². The molecule has 41 heavy (non-hydrogen) atoms. The van der Waals surface area contributed by atoms with Crippen molar-refractivity contribution in [1.29, 1.82) is 0 Å². The number of carbonyl (C=O) groups is 2. The lowest BCUT2D eigenvalue weighted by Gasteiger charge is -2.14. The Hall–Kier alpha value is -4.98. The van der Waals surface area contributed by atoms with Gasteiger partial charge in [0, 0.05) is 11.5 Å². The molecular weight excluding hydrogens is 524 g/mol.